The molecule has 2 aliphatic heterocycles. The summed E-state index contributed by atoms with van der Waals surface area (Å²) < 4.78 is 5.39. The van der Waals surface area contributed by atoms with Gasteiger partial charge in [-0.15, -0.1) is 0 Å². The Bertz CT molecular complexity index is 3170. The van der Waals surface area contributed by atoms with Crippen molar-refractivity contribution >= 4 is 63.8 Å². The minimum absolute atomic E-state index is 0.0974. The standard InChI is InChI=1S/C51H34N6O4/c58-51(61-38-22-20-37(21-23-38)57(59)60)52-36-18-16-35(17-19-36)50-45-30-28-43(55-45)48(33-12-6-2-7-13-33)41-26-24-39(53-41)47(32-10-4-1-5-11-32)40-25-27-42(54-40)49(34-14-8-3-9-15-34)44-29-31-46(50)56-44/h1-31,53,56H,(H,52,58). The lowest BCUT2D eigenvalue weighted by Gasteiger charge is -2.09. The third-order valence-corrected chi connectivity index (χ3v) is 10.6. The fraction of sp³-hybridized carbons (Fsp3) is 0. The van der Waals surface area contributed by atoms with Gasteiger partial charge in [0.15, 0.2) is 0 Å². The van der Waals surface area contributed by atoms with E-state index in [9.17, 15) is 14.9 Å². The van der Waals surface area contributed by atoms with Gasteiger partial charge in [-0.2, -0.15) is 0 Å². The van der Waals surface area contributed by atoms with Crippen LogP contribution >= 0.6 is 0 Å². The number of nitro groups is 1. The van der Waals surface area contributed by atoms with Crippen molar-refractivity contribution in [2.45, 2.75) is 0 Å². The zero-order valence-electron chi connectivity index (χ0n) is 32.4. The molecule has 0 aliphatic carbocycles. The highest BCUT2D eigenvalue weighted by atomic mass is 16.6. The Morgan fingerprint density at radius 1 is 0.475 bits per heavy atom. The molecule has 0 saturated carbocycles. The number of fused-ring (bicyclic) bond motifs is 8. The lowest BCUT2D eigenvalue weighted by molar-refractivity contribution is -0.384. The third kappa shape index (κ3) is 7.26. The Morgan fingerprint density at radius 2 is 0.836 bits per heavy atom. The number of anilines is 1. The quantitative estimate of drug-likeness (QED) is 0.108. The number of benzene rings is 5. The van der Waals surface area contributed by atoms with Crippen molar-refractivity contribution in [3.63, 3.8) is 0 Å². The maximum Gasteiger partial charge on any atom is 0.417 e. The fourth-order valence-corrected chi connectivity index (χ4v) is 7.84. The molecule has 10 heteroatoms. The predicted octanol–water partition coefficient (Wildman–Crippen LogP) is 12.8. The van der Waals surface area contributed by atoms with Gasteiger partial charge in [0.25, 0.3) is 5.69 Å². The van der Waals surface area contributed by atoms with E-state index >= 15 is 0 Å². The van der Waals surface area contributed by atoms with Gasteiger partial charge in [-0.25, -0.2) is 14.8 Å². The number of nitrogens with one attached hydrogen (secondary N) is 3. The Hall–Kier alpha value is -8.63. The van der Waals surface area contributed by atoms with E-state index in [4.69, 9.17) is 14.7 Å². The first-order chi connectivity index (χ1) is 29.9. The number of rotatable bonds is 7. The molecule has 0 fully saturated rings. The molecular weight excluding hydrogens is 761 g/mol. The maximum absolute atomic E-state index is 12.8. The summed E-state index contributed by atoms with van der Waals surface area (Å²) >= 11 is 0. The summed E-state index contributed by atoms with van der Waals surface area (Å²) in [6.45, 7) is 0. The highest BCUT2D eigenvalue weighted by Gasteiger charge is 2.19. The highest BCUT2D eigenvalue weighted by Crippen LogP contribution is 2.38. The van der Waals surface area contributed by atoms with E-state index in [-0.39, 0.29) is 11.4 Å². The number of amides is 1. The van der Waals surface area contributed by atoms with E-state index in [1.807, 2.05) is 72.8 Å². The van der Waals surface area contributed by atoms with E-state index in [0.29, 0.717) is 5.69 Å². The molecule has 8 bridgehead atoms. The van der Waals surface area contributed by atoms with Crippen molar-refractivity contribution in [3.05, 3.63) is 197 Å². The van der Waals surface area contributed by atoms with Crippen LogP contribution in [0.2, 0.25) is 0 Å². The first-order valence-electron chi connectivity index (χ1n) is 19.6. The first-order valence-corrected chi connectivity index (χ1v) is 19.6. The van der Waals surface area contributed by atoms with Gasteiger partial charge in [0.1, 0.15) is 5.75 Å². The Labute approximate surface area is 349 Å². The van der Waals surface area contributed by atoms with Gasteiger partial charge in [0, 0.05) is 62.1 Å². The maximum atomic E-state index is 12.8. The molecule has 61 heavy (non-hydrogen) atoms. The van der Waals surface area contributed by atoms with Crippen molar-refractivity contribution in [2.75, 3.05) is 5.32 Å². The Balaban J connectivity index is 1.19. The van der Waals surface area contributed by atoms with Gasteiger partial charge in [0.05, 0.1) is 27.7 Å². The van der Waals surface area contributed by atoms with Crippen LogP contribution in [-0.4, -0.2) is 31.0 Å². The summed E-state index contributed by atoms with van der Waals surface area (Å²) in [5.74, 6) is 0.179. The summed E-state index contributed by atoms with van der Waals surface area (Å²) in [4.78, 5) is 41.6. The number of nitrogens with zero attached hydrogens (tertiary/aromatic N) is 3. The van der Waals surface area contributed by atoms with Crippen molar-refractivity contribution in [1.82, 2.24) is 19.9 Å². The topological polar surface area (TPSA) is 139 Å². The monoisotopic (exact) mass is 794 g/mol. The summed E-state index contributed by atoms with van der Waals surface area (Å²) in [6, 6.07) is 52.0. The molecule has 3 aromatic heterocycles. The normalized spacial score (nSPS) is 11.7. The first kappa shape index (κ1) is 36.7. The summed E-state index contributed by atoms with van der Waals surface area (Å²) in [7, 11) is 0. The van der Waals surface area contributed by atoms with Gasteiger partial charge in [-0.1, -0.05) is 103 Å². The molecule has 0 atom stereocenters. The minimum Gasteiger partial charge on any atom is -0.410 e. The van der Waals surface area contributed by atoms with E-state index in [1.54, 1.807) is 12.1 Å². The number of hydrogen-bond donors (Lipinski definition) is 3. The second-order valence-electron chi connectivity index (χ2n) is 14.4. The van der Waals surface area contributed by atoms with E-state index < -0.39 is 11.0 Å². The minimum atomic E-state index is -0.728. The largest absolute Gasteiger partial charge is 0.417 e. The molecule has 0 radical (unpaired) electrons. The Morgan fingerprint density at radius 3 is 1.20 bits per heavy atom. The molecule has 2 aliphatic rings. The molecule has 5 aromatic carbocycles. The molecule has 0 saturated heterocycles. The fourth-order valence-electron chi connectivity index (χ4n) is 7.84. The molecule has 1 amide bonds. The number of aromatic nitrogens is 4. The molecule has 8 aromatic rings. The summed E-state index contributed by atoms with van der Waals surface area (Å²) in [5.41, 5.74) is 14.8. The van der Waals surface area contributed by atoms with Crippen molar-refractivity contribution in [1.29, 1.82) is 0 Å². The number of hydrogen-bond acceptors (Lipinski definition) is 6. The van der Waals surface area contributed by atoms with Crippen LogP contribution in [0.15, 0.2) is 164 Å². The molecule has 5 heterocycles. The SMILES string of the molecule is O=C(Nc1ccc(-c2c3nc(c(-c4ccccc4)c4ccc([nH]4)c(-c4ccccc4)c4nc(c(-c5ccccc5)c5ccc2[nH]5)C=C4)C=C3)cc1)Oc1ccc([N+](=O)[O-])cc1. The average Bonchev–Trinajstić information content (AvgIpc) is 4.14. The zero-order valence-corrected chi connectivity index (χ0v) is 32.4. The van der Waals surface area contributed by atoms with Crippen LogP contribution < -0.4 is 10.1 Å². The average molecular weight is 795 g/mol. The van der Waals surface area contributed by atoms with Gasteiger partial charge in [-0.05, 0) is 95.1 Å². The van der Waals surface area contributed by atoms with Crippen LogP contribution in [0.4, 0.5) is 16.2 Å². The molecule has 0 spiro atoms. The predicted molar refractivity (Wildman–Crippen MR) is 243 cm³/mol. The van der Waals surface area contributed by atoms with Crippen LogP contribution in [0.5, 0.6) is 5.75 Å². The van der Waals surface area contributed by atoms with E-state index in [1.165, 1.54) is 24.3 Å². The van der Waals surface area contributed by atoms with Crippen LogP contribution in [0, 0.1) is 10.1 Å². The Kier molecular flexibility index (Phi) is 9.39. The van der Waals surface area contributed by atoms with Gasteiger partial charge in [0.2, 0.25) is 0 Å². The second-order valence-corrected chi connectivity index (χ2v) is 14.4. The molecule has 10 rings (SSSR count). The number of non-ortho nitro benzene ring substituents is 1. The number of H-pyrrole nitrogens is 2. The van der Waals surface area contributed by atoms with Crippen LogP contribution in [-0.2, 0) is 0 Å². The smallest absolute Gasteiger partial charge is 0.410 e. The molecule has 292 valence electrons. The molecule has 10 nitrogen and oxygen atoms in total. The zero-order chi connectivity index (χ0) is 41.3. The van der Waals surface area contributed by atoms with E-state index in [2.05, 4.69) is 94.2 Å². The summed E-state index contributed by atoms with van der Waals surface area (Å²) in [5, 5.41) is 13.8. The third-order valence-electron chi connectivity index (χ3n) is 10.6. The van der Waals surface area contributed by atoms with Crippen molar-refractivity contribution < 1.29 is 14.5 Å². The highest BCUT2D eigenvalue weighted by molar-refractivity contribution is 6.00. The van der Waals surface area contributed by atoms with Crippen LogP contribution in [0.3, 0.4) is 0 Å². The van der Waals surface area contributed by atoms with Crippen LogP contribution in [0.1, 0.15) is 22.8 Å². The number of nitro benzene ring substituents is 1. The number of carbonyl (C=O) groups is 1. The lowest BCUT2D eigenvalue weighted by Crippen LogP contribution is -2.16. The van der Waals surface area contributed by atoms with Gasteiger partial charge in [-0.3, -0.25) is 15.4 Å². The molecular formula is C51H34N6O4. The number of ether oxygens (including phenoxy) is 1. The van der Waals surface area contributed by atoms with Gasteiger partial charge >= 0.3 is 6.09 Å². The van der Waals surface area contributed by atoms with Gasteiger partial charge < -0.3 is 14.7 Å². The number of aromatic amines is 2. The lowest BCUT2D eigenvalue weighted by atomic mass is 10.0. The second kappa shape index (κ2) is 15.6. The summed E-state index contributed by atoms with van der Waals surface area (Å²) in [6.07, 6.45) is 7.53. The number of carbonyl (C=O) groups excluding carboxylic acids is 1. The van der Waals surface area contributed by atoms with Crippen LogP contribution in [0.25, 0.3) is 90.9 Å². The molecule has 3 N–H and O–H groups in total. The van der Waals surface area contributed by atoms with Crippen molar-refractivity contribution in [3.8, 4) is 50.3 Å². The molecule has 0 unspecified atom stereocenters. The van der Waals surface area contributed by atoms with E-state index in [0.717, 1.165) is 89.4 Å². The van der Waals surface area contributed by atoms with Crippen molar-refractivity contribution in [2.24, 2.45) is 0 Å².